The maximum Gasteiger partial charge on any atom is 0.242 e. The fraction of sp³-hybridized carbons (Fsp3) is 0.640. The van der Waals surface area contributed by atoms with Crippen LogP contribution in [-0.4, -0.2) is 35.9 Å². The number of hydrogen-bond donors (Lipinski definition) is 3. The fourth-order valence-electron chi connectivity index (χ4n) is 4.32. The van der Waals surface area contributed by atoms with E-state index in [0.29, 0.717) is 25.3 Å². The number of nitrogens with one attached hydrogen (secondary N) is 2. The molecule has 2 N–H and O–H groups in total. The van der Waals surface area contributed by atoms with Gasteiger partial charge in [0.05, 0.1) is 11.7 Å². The summed E-state index contributed by atoms with van der Waals surface area (Å²) in [6, 6.07) is 9.40. The van der Waals surface area contributed by atoms with Gasteiger partial charge in [-0.1, -0.05) is 76.3 Å². The van der Waals surface area contributed by atoms with E-state index in [4.69, 9.17) is 0 Å². The van der Waals surface area contributed by atoms with E-state index >= 15 is 0 Å². The number of thiol groups is 1. The molecule has 0 heterocycles. The van der Waals surface area contributed by atoms with E-state index in [1.54, 1.807) is 0 Å². The molecule has 0 saturated heterocycles. The van der Waals surface area contributed by atoms with Gasteiger partial charge in [0.25, 0.3) is 0 Å². The Labute approximate surface area is 192 Å². The lowest BCUT2D eigenvalue weighted by Crippen LogP contribution is -2.51. The van der Waals surface area contributed by atoms with Crippen molar-refractivity contribution < 1.29 is 14.4 Å². The van der Waals surface area contributed by atoms with Gasteiger partial charge in [0.15, 0.2) is 5.78 Å². The topological polar surface area (TPSA) is 75.3 Å². The number of carbonyl (C=O) groups is 3. The first kappa shape index (κ1) is 25.4. The molecule has 1 aromatic carbocycles. The molecule has 1 saturated carbocycles. The van der Waals surface area contributed by atoms with Crippen molar-refractivity contribution in [3.8, 4) is 0 Å². The lowest BCUT2D eigenvalue weighted by molar-refractivity contribution is -0.136. The Morgan fingerprint density at radius 2 is 1.71 bits per heavy atom. The minimum Gasteiger partial charge on any atom is -0.354 e. The molecule has 0 aliphatic heterocycles. The highest BCUT2D eigenvalue weighted by Gasteiger charge is 2.31. The summed E-state index contributed by atoms with van der Waals surface area (Å²) in [4.78, 5) is 38.3. The maximum atomic E-state index is 13.0. The monoisotopic (exact) mass is 446 g/mol. The molecule has 1 aliphatic carbocycles. The minimum atomic E-state index is -0.747. The van der Waals surface area contributed by atoms with Crippen molar-refractivity contribution in [2.45, 2.75) is 71.3 Å². The van der Waals surface area contributed by atoms with Crippen molar-refractivity contribution in [1.29, 1.82) is 0 Å². The Hall–Kier alpha value is -1.82. The van der Waals surface area contributed by atoms with E-state index in [2.05, 4.69) is 23.3 Å². The maximum absolute atomic E-state index is 13.0. The van der Waals surface area contributed by atoms with Gasteiger partial charge in [-0.15, -0.1) is 0 Å². The van der Waals surface area contributed by atoms with E-state index in [1.807, 2.05) is 44.2 Å². The van der Waals surface area contributed by atoms with Crippen molar-refractivity contribution in [2.24, 2.45) is 17.8 Å². The van der Waals surface area contributed by atoms with Crippen LogP contribution in [0.2, 0.25) is 0 Å². The molecule has 0 aromatic heterocycles. The highest BCUT2D eigenvalue weighted by Crippen LogP contribution is 2.27. The lowest BCUT2D eigenvalue weighted by atomic mass is 9.84. The van der Waals surface area contributed by atoms with Crippen LogP contribution in [-0.2, 0) is 20.8 Å². The third kappa shape index (κ3) is 9.06. The summed E-state index contributed by atoms with van der Waals surface area (Å²) in [5.41, 5.74) is 1.16. The van der Waals surface area contributed by atoms with Crippen LogP contribution in [0.25, 0.3) is 0 Å². The van der Waals surface area contributed by atoms with Crippen LogP contribution < -0.4 is 10.6 Å². The van der Waals surface area contributed by atoms with Crippen molar-refractivity contribution in [2.75, 3.05) is 12.3 Å². The number of hydrogen-bond acceptors (Lipinski definition) is 4. The Morgan fingerprint density at radius 1 is 1.03 bits per heavy atom. The molecule has 172 valence electrons. The second-order valence-corrected chi connectivity index (χ2v) is 9.45. The SMILES string of the molecule is CC(C)CC(C(=O)CS)C(=O)N[C@@H](CC1CCCCC1)C(=O)NCCc1ccccc1. The van der Waals surface area contributed by atoms with Crippen LogP contribution >= 0.6 is 12.6 Å². The van der Waals surface area contributed by atoms with Crippen LogP contribution in [0.4, 0.5) is 0 Å². The smallest absolute Gasteiger partial charge is 0.242 e. The summed E-state index contributed by atoms with van der Waals surface area (Å²) >= 11 is 4.08. The first-order chi connectivity index (χ1) is 14.9. The fourth-order valence-corrected chi connectivity index (χ4v) is 4.54. The largest absolute Gasteiger partial charge is 0.354 e. The number of benzene rings is 1. The number of amides is 2. The van der Waals surface area contributed by atoms with Crippen LogP contribution in [0.5, 0.6) is 0 Å². The molecule has 2 rings (SSSR count). The molecular weight excluding hydrogens is 408 g/mol. The van der Waals surface area contributed by atoms with Gasteiger partial charge in [0.2, 0.25) is 11.8 Å². The van der Waals surface area contributed by atoms with Gasteiger partial charge >= 0.3 is 0 Å². The number of rotatable bonds is 12. The van der Waals surface area contributed by atoms with Crippen LogP contribution in [0, 0.1) is 17.8 Å². The molecule has 1 fully saturated rings. The van der Waals surface area contributed by atoms with Crippen molar-refractivity contribution >= 4 is 30.2 Å². The first-order valence-corrected chi connectivity index (χ1v) is 12.3. The van der Waals surface area contributed by atoms with Crippen LogP contribution in [0.1, 0.15) is 64.4 Å². The Bertz CT molecular complexity index is 702. The molecule has 31 heavy (non-hydrogen) atoms. The van der Waals surface area contributed by atoms with E-state index < -0.39 is 12.0 Å². The molecule has 2 atom stereocenters. The molecule has 0 bridgehead atoms. The standard InChI is InChI=1S/C25H38N2O3S/c1-18(2)15-21(23(28)17-31)24(29)27-22(16-20-11-7-4-8-12-20)25(30)26-14-13-19-9-5-3-6-10-19/h3,5-6,9-10,18,20-22,31H,4,7-8,11-17H2,1-2H3,(H,26,30)(H,27,29)/t21?,22-/m0/s1. The highest BCUT2D eigenvalue weighted by molar-refractivity contribution is 7.81. The quantitative estimate of drug-likeness (QED) is 0.336. The summed E-state index contributed by atoms with van der Waals surface area (Å²) in [7, 11) is 0. The predicted molar refractivity (Wildman–Crippen MR) is 128 cm³/mol. The Morgan fingerprint density at radius 3 is 2.32 bits per heavy atom. The van der Waals surface area contributed by atoms with Crippen LogP contribution in [0.3, 0.4) is 0 Å². The second kappa shape index (κ2) is 13.6. The summed E-state index contributed by atoms with van der Waals surface area (Å²) in [6.07, 6.45) is 7.62. The van der Waals surface area contributed by atoms with Crippen molar-refractivity contribution in [3.05, 3.63) is 35.9 Å². The average molecular weight is 447 g/mol. The molecular formula is C25H38N2O3S. The first-order valence-electron chi connectivity index (χ1n) is 11.7. The summed E-state index contributed by atoms with van der Waals surface area (Å²) in [5, 5.41) is 5.92. The third-order valence-corrected chi connectivity index (χ3v) is 6.36. The van der Waals surface area contributed by atoms with E-state index in [9.17, 15) is 14.4 Å². The summed E-state index contributed by atoms with van der Waals surface area (Å²) in [6.45, 7) is 4.49. The van der Waals surface area contributed by atoms with Gasteiger partial charge in [-0.3, -0.25) is 14.4 Å². The lowest BCUT2D eigenvalue weighted by Gasteiger charge is -2.28. The number of ketones is 1. The Kier molecular flexibility index (Phi) is 11.1. The zero-order chi connectivity index (χ0) is 22.6. The third-order valence-electron chi connectivity index (χ3n) is 6.05. The van der Waals surface area contributed by atoms with E-state index in [0.717, 1.165) is 24.8 Å². The van der Waals surface area contributed by atoms with Gasteiger partial charge in [0, 0.05) is 6.54 Å². The molecule has 6 heteroatoms. The molecule has 1 aromatic rings. The van der Waals surface area contributed by atoms with E-state index in [1.165, 1.54) is 19.3 Å². The second-order valence-electron chi connectivity index (χ2n) is 9.13. The molecule has 5 nitrogen and oxygen atoms in total. The van der Waals surface area contributed by atoms with Gasteiger partial charge < -0.3 is 10.6 Å². The van der Waals surface area contributed by atoms with Crippen molar-refractivity contribution in [3.63, 3.8) is 0 Å². The predicted octanol–water partition coefficient (Wildman–Crippen LogP) is 3.96. The van der Waals surface area contributed by atoms with Gasteiger partial charge in [-0.25, -0.2) is 0 Å². The highest BCUT2D eigenvalue weighted by atomic mass is 32.1. The normalized spacial score (nSPS) is 16.5. The van der Waals surface area contributed by atoms with Gasteiger partial charge in [-0.05, 0) is 36.7 Å². The summed E-state index contributed by atoms with van der Waals surface area (Å²) < 4.78 is 0. The number of Topliss-reactive ketones (excluding diaryl/α,β-unsaturated/α-hetero) is 1. The Balaban J connectivity index is 2.02. The van der Waals surface area contributed by atoms with Gasteiger partial charge in [-0.2, -0.15) is 12.6 Å². The van der Waals surface area contributed by atoms with E-state index in [-0.39, 0.29) is 29.3 Å². The molecule has 0 radical (unpaired) electrons. The average Bonchev–Trinajstić information content (AvgIpc) is 2.77. The summed E-state index contributed by atoms with van der Waals surface area (Å²) in [5.74, 6) is -0.761. The molecule has 1 aliphatic rings. The molecule has 1 unspecified atom stereocenters. The molecule has 0 spiro atoms. The zero-order valence-electron chi connectivity index (χ0n) is 18.9. The number of carbonyl (C=O) groups excluding carboxylic acids is 3. The molecule has 2 amide bonds. The minimum absolute atomic E-state index is 0.0291. The van der Waals surface area contributed by atoms with Gasteiger partial charge in [0.1, 0.15) is 6.04 Å². The van der Waals surface area contributed by atoms with Crippen LogP contribution in [0.15, 0.2) is 30.3 Å². The van der Waals surface area contributed by atoms with Crippen molar-refractivity contribution in [1.82, 2.24) is 10.6 Å². The zero-order valence-corrected chi connectivity index (χ0v) is 19.8.